The van der Waals surface area contributed by atoms with E-state index in [2.05, 4.69) is 16.3 Å². The van der Waals surface area contributed by atoms with Crippen LogP contribution in [0.1, 0.15) is 30.9 Å². The van der Waals surface area contributed by atoms with Gasteiger partial charge >= 0.3 is 0 Å². The van der Waals surface area contributed by atoms with Crippen molar-refractivity contribution in [1.82, 2.24) is 10.2 Å². The molecule has 0 aromatic carbocycles. The maximum absolute atomic E-state index is 8.80. The van der Waals surface area contributed by atoms with Gasteiger partial charge in [0.2, 0.25) is 0 Å². The molecule has 1 aromatic rings. The Labute approximate surface area is 108 Å². The summed E-state index contributed by atoms with van der Waals surface area (Å²) in [6, 6.07) is 4.07. The lowest BCUT2D eigenvalue weighted by Crippen LogP contribution is -2.21. The molecule has 0 spiro atoms. The summed E-state index contributed by atoms with van der Waals surface area (Å²) in [5, 5.41) is 17.4. The van der Waals surface area contributed by atoms with Crippen molar-refractivity contribution in [2.75, 3.05) is 38.3 Å². The SMILES string of the molecule is CN(CCCO)c1ccc(C2CCOCC2)nn1. The van der Waals surface area contributed by atoms with Crippen molar-refractivity contribution in [1.29, 1.82) is 0 Å². The number of anilines is 1. The lowest BCUT2D eigenvalue weighted by molar-refractivity contribution is 0.0843. The van der Waals surface area contributed by atoms with Crippen molar-refractivity contribution in [3.63, 3.8) is 0 Å². The van der Waals surface area contributed by atoms with Crippen LogP contribution in [0.2, 0.25) is 0 Å². The summed E-state index contributed by atoms with van der Waals surface area (Å²) in [7, 11) is 1.97. The zero-order valence-electron chi connectivity index (χ0n) is 10.9. The highest BCUT2D eigenvalue weighted by Gasteiger charge is 2.17. The normalized spacial score (nSPS) is 16.8. The molecule has 0 radical (unpaired) electrons. The van der Waals surface area contributed by atoms with Gasteiger partial charge < -0.3 is 14.7 Å². The molecule has 0 unspecified atom stereocenters. The van der Waals surface area contributed by atoms with Gasteiger partial charge in [0.15, 0.2) is 5.82 Å². The van der Waals surface area contributed by atoms with Gasteiger partial charge in [0.05, 0.1) is 5.69 Å². The van der Waals surface area contributed by atoms with Gasteiger partial charge in [-0.05, 0) is 31.4 Å². The topological polar surface area (TPSA) is 58.5 Å². The standard InChI is InChI=1S/C13H21N3O2/c1-16(7-2-8-17)13-4-3-12(14-15-13)11-5-9-18-10-6-11/h3-4,11,17H,2,5-10H2,1H3. The Kier molecular flexibility index (Phi) is 4.90. The molecular formula is C13H21N3O2. The molecular weight excluding hydrogens is 230 g/mol. The van der Waals surface area contributed by atoms with Crippen LogP contribution in [0.25, 0.3) is 0 Å². The fourth-order valence-electron chi connectivity index (χ4n) is 2.17. The lowest BCUT2D eigenvalue weighted by Gasteiger charge is -2.22. The van der Waals surface area contributed by atoms with Crippen LogP contribution in [0.4, 0.5) is 5.82 Å². The van der Waals surface area contributed by atoms with Gasteiger partial charge in [-0.1, -0.05) is 0 Å². The number of aliphatic hydroxyl groups excluding tert-OH is 1. The largest absolute Gasteiger partial charge is 0.396 e. The molecule has 2 heterocycles. The highest BCUT2D eigenvalue weighted by Crippen LogP contribution is 2.25. The van der Waals surface area contributed by atoms with Crippen LogP contribution in [0.3, 0.4) is 0 Å². The fourth-order valence-corrected chi connectivity index (χ4v) is 2.17. The molecule has 0 amide bonds. The smallest absolute Gasteiger partial charge is 0.150 e. The molecule has 1 N–H and O–H groups in total. The Hall–Kier alpha value is -1.20. The number of nitrogens with zero attached hydrogens (tertiary/aromatic N) is 3. The van der Waals surface area contributed by atoms with E-state index in [0.717, 1.165) is 50.5 Å². The van der Waals surface area contributed by atoms with E-state index in [4.69, 9.17) is 9.84 Å². The van der Waals surface area contributed by atoms with E-state index in [-0.39, 0.29) is 6.61 Å². The summed E-state index contributed by atoms with van der Waals surface area (Å²) < 4.78 is 5.35. The van der Waals surface area contributed by atoms with E-state index in [1.54, 1.807) is 0 Å². The minimum atomic E-state index is 0.206. The maximum atomic E-state index is 8.80. The second-order valence-corrected chi connectivity index (χ2v) is 4.70. The van der Waals surface area contributed by atoms with Crippen molar-refractivity contribution in [2.45, 2.75) is 25.2 Å². The van der Waals surface area contributed by atoms with E-state index >= 15 is 0 Å². The first kappa shape index (κ1) is 13.2. The summed E-state index contributed by atoms with van der Waals surface area (Å²) in [4.78, 5) is 2.01. The Balaban J connectivity index is 1.95. The molecule has 1 fully saturated rings. The predicted molar refractivity (Wildman–Crippen MR) is 69.8 cm³/mol. The summed E-state index contributed by atoms with van der Waals surface area (Å²) >= 11 is 0. The van der Waals surface area contributed by atoms with Crippen molar-refractivity contribution < 1.29 is 9.84 Å². The van der Waals surface area contributed by atoms with Gasteiger partial charge in [-0.3, -0.25) is 0 Å². The lowest BCUT2D eigenvalue weighted by atomic mass is 9.96. The molecule has 18 heavy (non-hydrogen) atoms. The van der Waals surface area contributed by atoms with Crippen molar-refractivity contribution in [2.24, 2.45) is 0 Å². The van der Waals surface area contributed by atoms with E-state index in [1.165, 1.54) is 0 Å². The molecule has 5 heteroatoms. The van der Waals surface area contributed by atoms with Gasteiger partial charge in [0.25, 0.3) is 0 Å². The molecule has 5 nitrogen and oxygen atoms in total. The van der Waals surface area contributed by atoms with Gasteiger partial charge in [-0.25, -0.2) is 0 Å². The van der Waals surface area contributed by atoms with Gasteiger partial charge in [0.1, 0.15) is 0 Å². The number of aromatic nitrogens is 2. The molecule has 0 bridgehead atoms. The quantitative estimate of drug-likeness (QED) is 0.852. The number of hydrogen-bond donors (Lipinski definition) is 1. The molecule has 2 rings (SSSR count). The number of aliphatic hydroxyl groups is 1. The van der Waals surface area contributed by atoms with E-state index in [1.807, 2.05) is 18.0 Å². The Morgan fingerprint density at radius 3 is 2.72 bits per heavy atom. The minimum Gasteiger partial charge on any atom is -0.396 e. The first-order valence-electron chi connectivity index (χ1n) is 6.54. The highest BCUT2D eigenvalue weighted by atomic mass is 16.5. The summed E-state index contributed by atoms with van der Waals surface area (Å²) in [5.74, 6) is 1.35. The monoisotopic (exact) mass is 251 g/mol. The minimum absolute atomic E-state index is 0.206. The molecule has 1 aliphatic heterocycles. The Bertz CT molecular complexity index is 350. The zero-order valence-corrected chi connectivity index (χ0v) is 10.9. The molecule has 1 saturated heterocycles. The summed E-state index contributed by atoms with van der Waals surface area (Å²) in [6.07, 6.45) is 2.82. The van der Waals surface area contributed by atoms with E-state index < -0.39 is 0 Å². The maximum Gasteiger partial charge on any atom is 0.150 e. The van der Waals surface area contributed by atoms with E-state index in [9.17, 15) is 0 Å². The number of hydrogen-bond acceptors (Lipinski definition) is 5. The van der Waals surface area contributed by atoms with Gasteiger partial charge in [0, 0.05) is 39.3 Å². The van der Waals surface area contributed by atoms with Crippen molar-refractivity contribution >= 4 is 5.82 Å². The van der Waals surface area contributed by atoms with Crippen molar-refractivity contribution in [3.8, 4) is 0 Å². The van der Waals surface area contributed by atoms with Crippen LogP contribution in [0, 0.1) is 0 Å². The predicted octanol–water partition coefficient (Wildman–Crippen LogP) is 1.19. The third kappa shape index (κ3) is 3.40. The molecule has 0 saturated carbocycles. The second kappa shape index (κ2) is 6.66. The number of rotatable bonds is 5. The highest BCUT2D eigenvalue weighted by molar-refractivity contribution is 5.36. The first-order chi connectivity index (χ1) is 8.81. The van der Waals surface area contributed by atoms with E-state index in [0.29, 0.717) is 5.92 Å². The molecule has 0 atom stereocenters. The molecule has 100 valence electrons. The Morgan fingerprint density at radius 1 is 1.33 bits per heavy atom. The fraction of sp³-hybridized carbons (Fsp3) is 0.692. The third-order valence-corrected chi connectivity index (χ3v) is 3.35. The van der Waals surface area contributed by atoms with Crippen LogP contribution in [-0.2, 0) is 4.74 Å². The van der Waals surface area contributed by atoms with Crippen molar-refractivity contribution in [3.05, 3.63) is 17.8 Å². The molecule has 1 aromatic heterocycles. The van der Waals surface area contributed by atoms with Crippen LogP contribution in [0.5, 0.6) is 0 Å². The van der Waals surface area contributed by atoms with Gasteiger partial charge in [-0.2, -0.15) is 5.10 Å². The zero-order chi connectivity index (χ0) is 12.8. The molecule has 0 aliphatic carbocycles. The van der Waals surface area contributed by atoms with Crippen LogP contribution in [0.15, 0.2) is 12.1 Å². The third-order valence-electron chi connectivity index (χ3n) is 3.35. The summed E-state index contributed by atoms with van der Waals surface area (Å²) in [5.41, 5.74) is 1.07. The average molecular weight is 251 g/mol. The summed E-state index contributed by atoms with van der Waals surface area (Å²) in [6.45, 7) is 2.65. The Morgan fingerprint density at radius 2 is 2.11 bits per heavy atom. The van der Waals surface area contributed by atoms with Gasteiger partial charge in [-0.15, -0.1) is 5.10 Å². The molecule has 1 aliphatic rings. The second-order valence-electron chi connectivity index (χ2n) is 4.70. The number of ether oxygens (including phenoxy) is 1. The van der Waals surface area contributed by atoms with Crippen LogP contribution in [-0.4, -0.2) is 48.7 Å². The van der Waals surface area contributed by atoms with Crippen LogP contribution < -0.4 is 4.90 Å². The first-order valence-corrected chi connectivity index (χ1v) is 6.54. The van der Waals surface area contributed by atoms with Crippen LogP contribution >= 0.6 is 0 Å². The average Bonchev–Trinajstić information content (AvgIpc) is 2.46.